The summed E-state index contributed by atoms with van der Waals surface area (Å²) in [5.74, 6) is 0.0852. The van der Waals surface area contributed by atoms with Crippen LogP contribution in [0.2, 0.25) is 0 Å². The number of benzene rings is 1. The third-order valence-corrected chi connectivity index (χ3v) is 4.06. The lowest BCUT2D eigenvalue weighted by atomic mass is 10.0. The number of ether oxygens (including phenoxy) is 1. The van der Waals surface area contributed by atoms with E-state index in [0.29, 0.717) is 25.4 Å². The maximum atomic E-state index is 12.3. The number of oxime groups is 1. The second-order valence-electron chi connectivity index (χ2n) is 5.99. The summed E-state index contributed by atoms with van der Waals surface area (Å²) in [6.45, 7) is 0.647. The SMILES string of the molecule is O=C(Cc1ccccc1)c1cc[n+](COC[n+]2ccccc2/C=N/O)cc1.[Cl-].[Cl-]. The number of aromatic nitrogens is 2. The molecule has 8 heteroatoms. The van der Waals surface area contributed by atoms with Gasteiger partial charge >= 0.3 is 0 Å². The first-order valence-corrected chi connectivity index (χ1v) is 8.56. The number of pyridine rings is 2. The van der Waals surface area contributed by atoms with E-state index in [1.54, 1.807) is 12.1 Å². The lowest BCUT2D eigenvalue weighted by Crippen LogP contribution is -3.00. The fourth-order valence-electron chi connectivity index (χ4n) is 2.64. The molecule has 0 radical (unpaired) electrons. The molecule has 0 aliphatic carbocycles. The molecule has 0 saturated carbocycles. The Hall–Kier alpha value is -2.80. The maximum absolute atomic E-state index is 12.3. The van der Waals surface area contributed by atoms with Gasteiger partial charge < -0.3 is 30.0 Å². The van der Waals surface area contributed by atoms with Gasteiger partial charge in [0.25, 0.3) is 13.5 Å². The van der Waals surface area contributed by atoms with Crippen LogP contribution < -0.4 is 33.9 Å². The molecular formula is C21H21Cl2N3O3. The van der Waals surface area contributed by atoms with Crippen LogP contribution in [0.5, 0.6) is 0 Å². The van der Waals surface area contributed by atoms with E-state index >= 15 is 0 Å². The van der Waals surface area contributed by atoms with E-state index in [0.717, 1.165) is 11.3 Å². The minimum atomic E-state index is 0. The van der Waals surface area contributed by atoms with Crippen molar-refractivity contribution < 1.29 is 48.7 Å². The molecule has 0 aliphatic heterocycles. The van der Waals surface area contributed by atoms with E-state index in [-0.39, 0.29) is 30.6 Å². The fraction of sp³-hybridized carbons (Fsp3) is 0.143. The standard InChI is InChI=1S/C21H20N3O3.2ClH/c25-21(14-18-6-2-1-3-7-18)19-9-12-23(13-10-19)16-27-17-24-11-5-4-8-20(24)15-22-26;;/h1-13,15H,14,16-17H2;2*1H/q+1;;/p-1. The van der Waals surface area contributed by atoms with Crippen molar-refractivity contribution in [1.29, 1.82) is 0 Å². The van der Waals surface area contributed by atoms with Crippen molar-refractivity contribution in [2.75, 3.05) is 0 Å². The summed E-state index contributed by atoms with van der Waals surface area (Å²) < 4.78 is 9.35. The first kappa shape index (κ1) is 24.2. The van der Waals surface area contributed by atoms with Gasteiger partial charge in [0.2, 0.25) is 5.69 Å². The molecule has 0 bridgehead atoms. The number of Topliss-reactive ketones (excluding diaryl/α,β-unsaturated/α-hetero) is 1. The van der Waals surface area contributed by atoms with Gasteiger partial charge in [0, 0.05) is 36.2 Å². The molecule has 0 spiro atoms. The van der Waals surface area contributed by atoms with Crippen LogP contribution in [0.15, 0.2) is 84.4 Å². The van der Waals surface area contributed by atoms with Crippen molar-refractivity contribution >= 4 is 12.0 Å². The number of hydrogen-bond donors (Lipinski definition) is 1. The Morgan fingerprint density at radius 3 is 2.31 bits per heavy atom. The lowest BCUT2D eigenvalue weighted by molar-refractivity contribution is -0.788. The second kappa shape index (κ2) is 12.6. The average molecular weight is 434 g/mol. The summed E-state index contributed by atoms with van der Waals surface area (Å²) in [7, 11) is 0. The summed E-state index contributed by atoms with van der Waals surface area (Å²) in [6.07, 6.45) is 7.23. The molecule has 3 rings (SSSR count). The quantitative estimate of drug-likeness (QED) is 0.130. The van der Waals surface area contributed by atoms with Crippen LogP contribution in [0.25, 0.3) is 0 Å². The molecule has 3 aromatic rings. The molecule has 0 amide bonds. The van der Waals surface area contributed by atoms with Gasteiger partial charge in [-0.05, 0) is 11.6 Å². The number of ketones is 1. The molecule has 0 unspecified atom stereocenters. The first-order chi connectivity index (χ1) is 13.3. The third kappa shape index (κ3) is 7.27. The predicted molar refractivity (Wildman–Crippen MR) is 98.2 cm³/mol. The number of rotatable bonds is 8. The number of nitrogens with zero attached hydrogens (tertiary/aromatic N) is 3. The summed E-state index contributed by atoms with van der Waals surface area (Å²) in [5.41, 5.74) is 2.41. The zero-order chi connectivity index (χ0) is 18.9. The fourth-order valence-corrected chi connectivity index (χ4v) is 2.64. The van der Waals surface area contributed by atoms with Gasteiger partial charge in [-0.25, -0.2) is 0 Å². The molecule has 29 heavy (non-hydrogen) atoms. The van der Waals surface area contributed by atoms with Crippen LogP contribution in [0, 0.1) is 0 Å². The van der Waals surface area contributed by atoms with Crippen LogP contribution in [-0.4, -0.2) is 17.2 Å². The van der Waals surface area contributed by atoms with E-state index in [2.05, 4.69) is 5.16 Å². The maximum Gasteiger partial charge on any atom is 0.258 e. The van der Waals surface area contributed by atoms with Gasteiger partial charge in [-0.3, -0.25) is 9.53 Å². The highest BCUT2D eigenvalue weighted by atomic mass is 35.5. The van der Waals surface area contributed by atoms with Gasteiger partial charge in [-0.15, -0.1) is 0 Å². The van der Waals surface area contributed by atoms with Crippen molar-refractivity contribution in [3.63, 3.8) is 0 Å². The molecule has 2 heterocycles. The minimum absolute atomic E-state index is 0. The van der Waals surface area contributed by atoms with Gasteiger partial charge in [0.05, 0.1) is 0 Å². The van der Waals surface area contributed by atoms with Gasteiger partial charge in [0.1, 0.15) is 6.21 Å². The van der Waals surface area contributed by atoms with Crippen molar-refractivity contribution in [3.05, 3.63) is 96.1 Å². The Labute approximate surface area is 181 Å². The van der Waals surface area contributed by atoms with Crippen LogP contribution in [-0.2, 0) is 24.6 Å². The topological polar surface area (TPSA) is 66.7 Å². The van der Waals surface area contributed by atoms with Crippen molar-refractivity contribution in [2.45, 2.75) is 19.9 Å². The highest BCUT2D eigenvalue weighted by Gasteiger charge is 2.11. The molecule has 152 valence electrons. The zero-order valence-electron chi connectivity index (χ0n) is 15.6. The minimum Gasteiger partial charge on any atom is -1.00 e. The van der Waals surface area contributed by atoms with E-state index in [1.165, 1.54) is 6.21 Å². The Bertz CT molecular complexity index is 920. The Balaban J connectivity index is 0.00000210. The summed E-state index contributed by atoms with van der Waals surface area (Å²) in [5, 5.41) is 11.7. The monoisotopic (exact) mass is 433 g/mol. The average Bonchev–Trinajstić information content (AvgIpc) is 2.71. The lowest BCUT2D eigenvalue weighted by Gasteiger charge is -2.02. The smallest absolute Gasteiger partial charge is 0.258 e. The van der Waals surface area contributed by atoms with Crippen LogP contribution in [0.1, 0.15) is 21.6 Å². The van der Waals surface area contributed by atoms with E-state index in [9.17, 15) is 4.79 Å². The molecule has 1 aromatic carbocycles. The van der Waals surface area contributed by atoms with Gasteiger partial charge in [0.15, 0.2) is 24.4 Å². The number of carbonyl (C=O) groups excluding carboxylic acids is 1. The molecule has 0 fully saturated rings. The van der Waals surface area contributed by atoms with Crippen LogP contribution in [0.3, 0.4) is 0 Å². The summed E-state index contributed by atoms with van der Waals surface area (Å²) in [6, 6.07) is 18.9. The van der Waals surface area contributed by atoms with Gasteiger partial charge in [-0.2, -0.15) is 9.13 Å². The van der Waals surface area contributed by atoms with Crippen LogP contribution in [0.4, 0.5) is 0 Å². The van der Waals surface area contributed by atoms with Crippen molar-refractivity contribution in [2.24, 2.45) is 5.16 Å². The molecule has 0 saturated heterocycles. The second-order valence-corrected chi connectivity index (χ2v) is 5.99. The largest absolute Gasteiger partial charge is 1.00 e. The van der Waals surface area contributed by atoms with Crippen molar-refractivity contribution in [1.82, 2.24) is 0 Å². The Morgan fingerprint density at radius 2 is 1.62 bits per heavy atom. The molecule has 6 nitrogen and oxygen atoms in total. The Morgan fingerprint density at radius 1 is 0.931 bits per heavy atom. The normalized spacial score (nSPS) is 10.2. The van der Waals surface area contributed by atoms with Crippen molar-refractivity contribution in [3.8, 4) is 0 Å². The van der Waals surface area contributed by atoms with E-state index < -0.39 is 0 Å². The molecular weight excluding hydrogens is 413 g/mol. The molecule has 2 aromatic heterocycles. The molecule has 1 N–H and O–H groups in total. The van der Waals surface area contributed by atoms with E-state index in [4.69, 9.17) is 9.94 Å². The van der Waals surface area contributed by atoms with E-state index in [1.807, 2.05) is 76.3 Å². The number of halogens is 2. The number of carbonyl (C=O) groups is 1. The van der Waals surface area contributed by atoms with Crippen LogP contribution >= 0.6 is 0 Å². The highest BCUT2D eigenvalue weighted by molar-refractivity contribution is 5.97. The first-order valence-electron chi connectivity index (χ1n) is 8.56. The summed E-state index contributed by atoms with van der Waals surface area (Å²) >= 11 is 0. The van der Waals surface area contributed by atoms with Gasteiger partial charge in [-0.1, -0.05) is 35.5 Å². The third-order valence-electron chi connectivity index (χ3n) is 4.06. The molecule has 0 atom stereocenters. The molecule has 0 aliphatic rings. The predicted octanol–water partition coefficient (Wildman–Crippen LogP) is -3.87. The highest BCUT2D eigenvalue weighted by Crippen LogP contribution is 2.06. The number of hydrogen-bond acceptors (Lipinski definition) is 4. The summed E-state index contributed by atoms with van der Waals surface area (Å²) in [4.78, 5) is 12.3. The Kier molecular flexibility index (Phi) is 10.5. The zero-order valence-corrected chi connectivity index (χ0v) is 17.1.